The van der Waals surface area contributed by atoms with E-state index in [1.54, 1.807) is 17.4 Å². The van der Waals surface area contributed by atoms with Crippen molar-refractivity contribution >= 4 is 39.2 Å². The van der Waals surface area contributed by atoms with Gasteiger partial charge in [-0.1, -0.05) is 0 Å². The van der Waals surface area contributed by atoms with Crippen LogP contribution in [0.1, 0.15) is 25.3 Å². The fourth-order valence-electron chi connectivity index (χ4n) is 2.21. The first kappa shape index (κ1) is 13.8. The molecule has 1 aliphatic rings. The molecule has 0 radical (unpaired) electrons. The van der Waals surface area contributed by atoms with Gasteiger partial charge in [0.1, 0.15) is 0 Å². The van der Waals surface area contributed by atoms with Crippen LogP contribution in [-0.2, 0) is 4.79 Å². The molecule has 1 aromatic rings. The van der Waals surface area contributed by atoms with E-state index < -0.39 is 0 Å². The zero-order valence-corrected chi connectivity index (χ0v) is 12.7. The summed E-state index contributed by atoms with van der Waals surface area (Å²) in [5.41, 5.74) is 6.95. The molecule has 98 valence electrons. The molecule has 5 heteroatoms. The highest BCUT2D eigenvalue weighted by molar-refractivity contribution is 9.11. The number of nitrogens with two attached hydrogens (primary N) is 1. The molecule has 1 fully saturated rings. The van der Waals surface area contributed by atoms with E-state index in [2.05, 4.69) is 22.9 Å². The third-order valence-electron chi connectivity index (χ3n) is 3.21. The molecule has 1 aliphatic heterocycles. The van der Waals surface area contributed by atoms with Gasteiger partial charge in [-0.2, -0.15) is 0 Å². The van der Waals surface area contributed by atoms with Crippen molar-refractivity contribution in [2.75, 3.05) is 6.54 Å². The summed E-state index contributed by atoms with van der Waals surface area (Å²) in [5.74, 6) is 0.0803. The highest BCUT2D eigenvalue weighted by Gasteiger charge is 2.25. The Morgan fingerprint density at radius 2 is 2.44 bits per heavy atom. The van der Waals surface area contributed by atoms with E-state index >= 15 is 0 Å². The van der Waals surface area contributed by atoms with Gasteiger partial charge < -0.3 is 10.6 Å². The van der Waals surface area contributed by atoms with E-state index in [1.165, 1.54) is 0 Å². The maximum atomic E-state index is 12.1. The Labute approximate surface area is 120 Å². The van der Waals surface area contributed by atoms with Crippen molar-refractivity contribution in [3.8, 4) is 0 Å². The Balaban J connectivity index is 1.97. The minimum atomic E-state index is 0.0803. The van der Waals surface area contributed by atoms with Crippen molar-refractivity contribution in [3.05, 3.63) is 26.9 Å². The Morgan fingerprint density at radius 3 is 3.06 bits per heavy atom. The third-order valence-corrected chi connectivity index (χ3v) is 4.73. The minimum absolute atomic E-state index is 0.0803. The van der Waals surface area contributed by atoms with Gasteiger partial charge in [-0.15, -0.1) is 11.3 Å². The molecule has 18 heavy (non-hydrogen) atoms. The molecule has 0 bridgehead atoms. The van der Waals surface area contributed by atoms with Crippen molar-refractivity contribution in [1.29, 1.82) is 0 Å². The lowest BCUT2D eigenvalue weighted by Crippen LogP contribution is -2.47. The summed E-state index contributed by atoms with van der Waals surface area (Å²) in [4.78, 5) is 14.0. The lowest BCUT2D eigenvalue weighted by atomic mass is 9.99. The monoisotopic (exact) mass is 328 g/mol. The molecule has 0 saturated carbocycles. The molecule has 2 rings (SSSR count). The maximum absolute atomic E-state index is 12.1. The molecule has 0 spiro atoms. The van der Waals surface area contributed by atoms with E-state index in [1.807, 2.05) is 22.4 Å². The summed E-state index contributed by atoms with van der Waals surface area (Å²) in [6.07, 6.45) is 5.31. The highest BCUT2D eigenvalue weighted by Crippen LogP contribution is 2.22. The van der Waals surface area contributed by atoms with Crippen LogP contribution in [-0.4, -0.2) is 29.4 Å². The quantitative estimate of drug-likeness (QED) is 0.848. The molecule has 1 saturated heterocycles. The van der Waals surface area contributed by atoms with E-state index in [9.17, 15) is 4.79 Å². The predicted molar refractivity (Wildman–Crippen MR) is 79.4 cm³/mol. The number of hydrogen-bond donors (Lipinski definition) is 1. The van der Waals surface area contributed by atoms with Crippen molar-refractivity contribution in [3.63, 3.8) is 0 Å². The first-order chi connectivity index (χ1) is 8.56. The van der Waals surface area contributed by atoms with Crippen LogP contribution in [0.25, 0.3) is 6.08 Å². The SMILES string of the molecule is CC1CC(N)CCN1C(=O)/C=C/c1csc(Br)c1. The molecule has 0 aliphatic carbocycles. The fourth-order valence-corrected chi connectivity index (χ4v) is 3.35. The Hall–Kier alpha value is -0.650. The molecule has 2 unspecified atom stereocenters. The standard InChI is InChI=1S/C13H17BrN2OS/c1-9-6-11(15)4-5-16(9)13(17)3-2-10-7-12(14)18-8-10/h2-3,7-9,11H,4-6,15H2,1H3/b3-2+. The molecule has 2 N–H and O–H groups in total. The van der Waals surface area contributed by atoms with Gasteiger partial charge in [0.25, 0.3) is 0 Å². The average molecular weight is 329 g/mol. The summed E-state index contributed by atoms with van der Waals surface area (Å²) >= 11 is 5.02. The van der Waals surface area contributed by atoms with E-state index in [0.29, 0.717) is 0 Å². The van der Waals surface area contributed by atoms with E-state index in [0.717, 1.165) is 28.7 Å². The van der Waals surface area contributed by atoms with Gasteiger partial charge in [-0.05, 0) is 58.8 Å². The van der Waals surface area contributed by atoms with Gasteiger partial charge in [0, 0.05) is 24.7 Å². The smallest absolute Gasteiger partial charge is 0.246 e. The number of rotatable bonds is 2. The van der Waals surface area contributed by atoms with E-state index in [4.69, 9.17) is 5.73 Å². The van der Waals surface area contributed by atoms with Crippen molar-refractivity contribution in [1.82, 2.24) is 4.90 Å². The van der Waals surface area contributed by atoms with Gasteiger partial charge in [0.2, 0.25) is 5.91 Å². The maximum Gasteiger partial charge on any atom is 0.246 e. The number of nitrogens with zero attached hydrogens (tertiary/aromatic N) is 1. The van der Waals surface area contributed by atoms with Crippen LogP contribution in [0.2, 0.25) is 0 Å². The van der Waals surface area contributed by atoms with Crippen LogP contribution in [0.4, 0.5) is 0 Å². The second-order valence-electron chi connectivity index (χ2n) is 4.68. The molecule has 2 atom stereocenters. The van der Waals surface area contributed by atoms with Gasteiger partial charge >= 0.3 is 0 Å². The fraction of sp³-hybridized carbons (Fsp3) is 0.462. The van der Waals surface area contributed by atoms with Crippen LogP contribution >= 0.6 is 27.3 Å². The van der Waals surface area contributed by atoms with Crippen LogP contribution < -0.4 is 5.73 Å². The number of hydrogen-bond acceptors (Lipinski definition) is 3. The molecule has 0 aromatic carbocycles. The Kier molecular flexibility index (Phi) is 4.59. The summed E-state index contributed by atoms with van der Waals surface area (Å²) < 4.78 is 1.08. The highest BCUT2D eigenvalue weighted by atomic mass is 79.9. The number of piperidine rings is 1. The average Bonchev–Trinajstić information content (AvgIpc) is 2.72. The van der Waals surface area contributed by atoms with Crippen LogP contribution in [0.5, 0.6) is 0 Å². The summed E-state index contributed by atoms with van der Waals surface area (Å²) in [6.45, 7) is 2.82. The van der Waals surface area contributed by atoms with Gasteiger partial charge in [-0.25, -0.2) is 0 Å². The predicted octanol–water partition coefficient (Wildman–Crippen LogP) is 2.86. The largest absolute Gasteiger partial charge is 0.336 e. The van der Waals surface area contributed by atoms with Crippen molar-refractivity contribution in [2.45, 2.75) is 31.8 Å². The van der Waals surface area contributed by atoms with Gasteiger partial charge in [0.15, 0.2) is 0 Å². The van der Waals surface area contributed by atoms with Crippen LogP contribution in [0.15, 0.2) is 21.3 Å². The van der Waals surface area contributed by atoms with Gasteiger partial charge in [-0.3, -0.25) is 4.79 Å². The first-order valence-corrected chi connectivity index (χ1v) is 7.72. The lowest BCUT2D eigenvalue weighted by Gasteiger charge is -2.35. The Morgan fingerprint density at radius 1 is 1.67 bits per heavy atom. The van der Waals surface area contributed by atoms with Crippen molar-refractivity contribution in [2.24, 2.45) is 5.73 Å². The molecular weight excluding hydrogens is 312 g/mol. The molecule has 2 heterocycles. The third kappa shape index (κ3) is 3.43. The molecule has 1 amide bonds. The van der Waals surface area contributed by atoms with Crippen LogP contribution in [0.3, 0.4) is 0 Å². The number of carbonyl (C=O) groups excluding carboxylic acids is 1. The number of thiophene rings is 1. The second-order valence-corrected chi connectivity index (χ2v) is 6.97. The summed E-state index contributed by atoms with van der Waals surface area (Å²) in [6, 6.07) is 2.48. The number of carbonyl (C=O) groups is 1. The summed E-state index contributed by atoms with van der Waals surface area (Å²) in [5, 5.41) is 2.02. The van der Waals surface area contributed by atoms with Gasteiger partial charge in [0.05, 0.1) is 3.79 Å². The normalized spacial score (nSPS) is 24.7. The molecular formula is C13H17BrN2OS. The Bertz CT molecular complexity index is 458. The number of likely N-dealkylation sites (tertiary alicyclic amines) is 1. The second kappa shape index (κ2) is 5.99. The zero-order chi connectivity index (χ0) is 13.1. The first-order valence-electron chi connectivity index (χ1n) is 6.04. The molecule has 1 aromatic heterocycles. The zero-order valence-electron chi connectivity index (χ0n) is 10.3. The van der Waals surface area contributed by atoms with Crippen LogP contribution in [0, 0.1) is 0 Å². The minimum Gasteiger partial charge on any atom is -0.336 e. The lowest BCUT2D eigenvalue weighted by molar-refractivity contribution is -0.129. The molecule has 3 nitrogen and oxygen atoms in total. The van der Waals surface area contributed by atoms with Crippen molar-refractivity contribution < 1.29 is 4.79 Å². The number of amides is 1. The number of halogens is 1. The topological polar surface area (TPSA) is 46.3 Å². The van der Waals surface area contributed by atoms with E-state index in [-0.39, 0.29) is 18.0 Å². The summed E-state index contributed by atoms with van der Waals surface area (Å²) in [7, 11) is 0.